The van der Waals surface area contributed by atoms with Gasteiger partial charge in [-0.3, -0.25) is 14.9 Å². The van der Waals surface area contributed by atoms with Crippen LogP contribution in [0.2, 0.25) is 0 Å². The quantitative estimate of drug-likeness (QED) is 0.697. The first kappa shape index (κ1) is 12.0. The van der Waals surface area contributed by atoms with Crippen LogP contribution in [-0.2, 0) is 9.59 Å². The molecule has 2 amide bonds. The molecule has 19 heavy (non-hydrogen) atoms. The summed E-state index contributed by atoms with van der Waals surface area (Å²) in [5.74, 6) is -0.600. The largest absolute Gasteiger partial charge is 0.356 e. The molecule has 0 saturated carbocycles. The van der Waals surface area contributed by atoms with E-state index < -0.39 is 12.4 Å². The maximum Gasteiger partial charge on any atom is 0.249 e. The summed E-state index contributed by atoms with van der Waals surface area (Å²) >= 11 is 0. The van der Waals surface area contributed by atoms with E-state index in [2.05, 4.69) is 5.32 Å². The number of carbonyl (C=O) groups is 2. The van der Waals surface area contributed by atoms with E-state index in [0.717, 1.165) is 11.4 Å². The molecule has 0 spiro atoms. The molecule has 2 atom stereocenters. The van der Waals surface area contributed by atoms with Gasteiger partial charge in [0.1, 0.15) is 6.04 Å². The van der Waals surface area contributed by atoms with Gasteiger partial charge in [0.25, 0.3) is 0 Å². The molecule has 2 heterocycles. The average molecular weight is 261 g/mol. The Kier molecular flexibility index (Phi) is 2.67. The minimum atomic E-state index is -0.888. The number of aliphatic hydroxyl groups excluding tert-OH is 1. The van der Waals surface area contributed by atoms with Gasteiger partial charge in [-0.1, -0.05) is 12.1 Å². The third-order valence-corrected chi connectivity index (χ3v) is 3.68. The average Bonchev–Trinajstić information content (AvgIpc) is 2.64. The standard InChI is InChI=1S/C13H15N3O3/c1-15-8-4-2-3-5-9(8)16(13(15)19)10-6-7-11(17)14-12(10)18/h2-5,10,13,19H,6-7H2,1H3,(H,14,17,18). The van der Waals surface area contributed by atoms with Gasteiger partial charge in [-0.05, 0) is 18.6 Å². The van der Waals surface area contributed by atoms with E-state index in [0.29, 0.717) is 12.8 Å². The molecule has 2 aliphatic rings. The van der Waals surface area contributed by atoms with Gasteiger partial charge < -0.3 is 14.9 Å². The molecule has 1 fully saturated rings. The van der Waals surface area contributed by atoms with Crippen molar-refractivity contribution in [3.05, 3.63) is 24.3 Å². The fourth-order valence-corrected chi connectivity index (χ4v) is 2.69. The molecule has 0 aliphatic carbocycles. The molecule has 2 aliphatic heterocycles. The molecule has 0 radical (unpaired) electrons. The van der Waals surface area contributed by atoms with Crippen LogP contribution in [-0.4, -0.2) is 36.4 Å². The summed E-state index contributed by atoms with van der Waals surface area (Å²) in [5, 5.41) is 12.6. The molecule has 2 unspecified atom stereocenters. The van der Waals surface area contributed by atoms with Crippen molar-refractivity contribution in [2.45, 2.75) is 25.2 Å². The van der Waals surface area contributed by atoms with Gasteiger partial charge in [0.15, 0.2) is 0 Å². The summed E-state index contributed by atoms with van der Waals surface area (Å²) < 4.78 is 0. The fraction of sp³-hybridized carbons (Fsp3) is 0.385. The van der Waals surface area contributed by atoms with E-state index in [9.17, 15) is 14.7 Å². The molecule has 3 rings (SSSR count). The van der Waals surface area contributed by atoms with Crippen LogP contribution in [0.5, 0.6) is 0 Å². The van der Waals surface area contributed by atoms with Gasteiger partial charge in [-0.25, -0.2) is 0 Å². The highest BCUT2D eigenvalue weighted by Gasteiger charge is 2.41. The summed E-state index contributed by atoms with van der Waals surface area (Å²) in [6.07, 6.45) is -0.170. The summed E-state index contributed by atoms with van der Waals surface area (Å²) in [6, 6.07) is 6.99. The van der Waals surface area contributed by atoms with Crippen molar-refractivity contribution in [2.24, 2.45) is 0 Å². The Bertz CT molecular complexity index is 546. The van der Waals surface area contributed by atoms with E-state index >= 15 is 0 Å². The number of nitrogens with zero attached hydrogens (tertiary/aromatic N) is 2. The predicted molar refractivity (Wildman–Crippen MR) is 69.5 cm³/mol. The Morgan fingerprint density at radius 1 is 1.26 bits per heavy atom. The third-order valence-electron chi connectivity index (χ3n) is 3.68. The molecule has 0 bridgehead atoms. The number of aliphatic hydroxyl groups is 1. The number of nitrogens with one attached hydrogen (secondary N) is 1. The number of anilines is 2. The molecule has 0 aromatic heterocycles. The van der Waals surface area contributed by atoms with Crippen LogP contribution in [0.25, 0.3) is 0 Å². The first-order valence-corrected chi connectivity index (χ1v) is 6.21. The second kappa shape index (κ2) is 4.24. The lowest BCUT2D eigenvalue weighted by Gasteiger charge is -2.34. The predicted octanol–water partition coefficient (Wildman–Crippen LogP) is 0.0239. The van der Waals surface area contributed by atoms with Crippen molar-refractivity contribution in [2.75, 3.05) is 16.8 Å². The van der Waals surface area contributed by atoms with E-state index in [4.69, 9.17) is 0 Å². The molecule has 2 N–H and O–H groups in total. The monoisotopic (exact) mass is 261 g/mol. The number of piperidine rings is 1. The summed E-state index contributed by atoms with van der Waals surface area (Å²) in [4.78, 5) is 26.5. The highest BCUT2D eigenvalue weighted by atomic mass is 16.3. The number of hydrogen-bond acceptors (Lipinski definition) is 5. The molecular weight excluding hydrogens is 246 g/mol. The molecular formula is C13H15N3O3. The zero-order valence-electron chi connectivity index (χ0n) is 10.5. The summed E-state index contributed by atoms with van der Waals surface area (Å²) in [6.45, 7) is 0. The van der Waals surface area contributed by atoms with E-state index in [1.807, 2.05) is 24.3 Å². The first-order chi connectivity index (χ1) is 9.09. The summed E-state index contributed by atoms with van der Waals surface area (Å²) in [7, 11) is 1.77. The Morgan fingerprint density at radius 3 is 2.63 bits per heavy atom. The number of carbonyl (C=O) groups excluding carboxylic acids is 2. The van der Waals surface area contributed by atoms with Crippen molar-refractivity contribution in [3.8, 4) is 0 Å². The van der Waals surface area contributed by atoms with Crippen LogP contribution in [0.1, 0.15) is 12.8 Å². The van der Waals surface area contributed by atoms with Crippen molar-refractivity contribution in [3.63, 3.8) is 0 Å². The number of rotatable bonds is 1. The Labute approximate surface area is 110 Å². The van der Waals surface area contributed by atoms with E-state index in [-0.39, 0.29) is 11.8 Å². The smallest absolute Gasteiger partial charge is 0.249 e. The van der Waals surface area contributed by atoms with Crippen LogP contribution < -0.4 is 15.1 Å². The molecule has 1 saturated heterocycles. The number of amides is 2. The zero-order chi connectivity index (χ0) is 13.6. The molecule has 6 nitrogen and oxygen atoms in total. The van der Waals surface area contributed by atoms with Crippen molar-refractivity contribution in [1.29, 1.82) is 0 Å². The number of benzene rings is 1. The van der Waals surface area contributed by atoms with Crippen LogP contribution in [0.3, 0.4) is 0 Å². The Hall–Kier alpha value is -2.08. The van der Waals surface area contributed by atoms with Crippen LogP contribution in [0, 0.1) is 0 Å². The zero-order valence-corrected chi connectivity index (χ0v) is 10.5. The lowest BCUT2D eigenvalue weighted by molar-refractivity contribution is -0.134. The number of fused-ring (bicyclic) bond motifs is 1. The number of imide groups is 1. The van der Waals surface area contributed by atoms with Gasteiger partial charge in [0, 0.05) is 13.5 Å². The van der Waals surface area contributed by atoms with Gasteiger partial charge in [0.05, 0.1) is 11.4 Å². The van der Waals surface area contributed by atoms with E-state index in [1.165, 1.54) is 0 Å². The number of para-hydroxylation sites is 2. The minimum Gasteiger partial charge on any atom is -0.356 e. The second-order valence-corrected chi connectivity index (χ2v) is 4.82. The van der Waals surface area contributed by atoms with Crippen LogP contribution in [0.15, 0.2) is 24.3 Å². The normalized spacial score (nSPS) is 26.4. The molecule has 100 valence electrons. The molecule has 6 heteroatoms. The van der Waals surface area contributed by atoms with Gasteiger partial charge in [0.2, 0.25) is 18.2 Å². The second-order valence-electron chi connectivity index (χ2n) is 4.82. The van der Waals surface area contributed by atoms with Gasteiger partial charge in [-0.2, -0.15) is 0 Å². The van der Waals surface area contributed by atoms with E-state index in [1.54, 1.807) is 16.8 Å². The summed E-state index contributed by atoms with van der Waals surface area (Å²) in [5.41, 5.74) is 1.69. The topological polar surface area (TPSA) is 72.9 Å². The first-order valence-electron chi connectivity index (χ1n) is 6.21. The maximum atomic E-state index is 12.0. The van der Waals surface area contributed by atoms with Gasteiger partial charge in [-0.15, -0.1) is 0 Å². The lowest BCUT2D eigenvalue weighted by Crippen LogP contribution is -2.56. The Morgan fingerprint density at radius 2 is 1.95 bits per heavy atom. The fourth-order valence-electron chi connectivity index (χ4n) is 2.69. The number of hydrogen-bond donors (Lipinski definition) is 2. The maximum absolute atomic E-state index is 12.0. The minimum absolute atomic E-state index is 0.253. The van der Waals surface area contributed by atoms with Crippen molar-refractivity contribution in [1.82, 2.24) is 5.32 Å². The Balaban J connectivity index is 1.97. The van der Waals surface area contributed by atoms with Crippen molar-refractivity contribution < 1.29 is 14.7 Å². The third kappa shape index (κ3) is 1.76. The van der Waals surface area contributed by atoms with Crippen LogP contribution >= 0.6 is 0 Å². The lowest BCUT2D eigenvalue weighted by atomic mass is 10.0. The highest BCUT2D eigenvalue weighted by Crippen LogP contribution is 2.39. The molecule has 1 aromatic carbocycles. The SMILES string of the molecule is CN1c2ccccc2N(C2CCC(=O)NC2=O)C1O. The highest BCUT2D eigenvalue weighted by molar-refractivity contribution is 6.02. The van der Waals surface area contributed by atoms with Gasteiger partial charge >= 0.3 is 0 Å². The van der Waals surface area contributed by atoms with Crippen molar-refractivity contribution >= 4 is 23.2 Å². The van der Waals surface area contributed by atoms with Crippen LogP contribution in [0.4, 0.5) is 11.4 Å². The molecule has 1 aromatic rings.